The fourth-order valence-electron chi connectivity index (χ4n) is 1.78. The zero-order chi connectivity index (χ0) is 15.6. The largest absolute Gasteiger partial charge is 0.741 e. The molecule has 1 rings (SSSR count). The second kappa shape index (κ2) is 9.33. The van der Waals surface area contributed by atoms with E-state index in [0.717, 1.165) is 0 Å². The maximum Gasteiger partial charge on any atom is 0.485 e. The number of rotatable bonds is 6. The van der Waals surface area contributed by atoms with Crippen LogP contribution in [0.1, 0.15) is 51.9 Å². The van der Waals surface area contributed by atoms with Gasteiger partial charge in [0.05, 0.1) is 0 Å². The fraction of sp³-hybridized carbons (Fsp3) is 0.917. The van der Waals surface area contributed by atoms with Crippen LogP contribution in [0.4, 0.5) is 13.2 Å². The molecule has 20 heavy (non-hydrogen) atoms. The van der Waals surface area contributed by atoms with Crippen molar-refractivity contribution in [2.75, 3.05) is 13.1 Å². The van der Waals surface area contributed by atoms with E-state index in [1.54, 1.807) is 0 Å². The standard InChI is InChI=1S/C11H22N.CHF3O3S/c1-2-3-4-5-6-9-12-10-7-8-11-12;2-1(3,4)8(5,6)7/h10H,2-9,11H2,1H3;(H,5,6,7)/q+1;/p-1. The van der Waals surface area contributed by atoms with Gasteiger partial charge in [0.15, 0.2) is 10.1 Å². The van der Waals surface area contributed by atoms with E-state index in [0.29, 0.717) is 0 Å². The van der Waals surface area contributed by atoms with Gasteiger partial charge in [-0.25, -0.2) is 13.0 Å². The molecule has 1 heterocycles. The number of nitrogens with zero attached hydrogens (tertiary/aromatic N) is 1. The number of unbranched alkanes of at least 4 members (excludes halogenated alkanes) is 4. The van der Waals surface area contributed by atoms with Crippen LogP contribution in [-0.2, 0) is 10.1 Å². The Labute approximate surface area is 118 Å². The quantitative estimate of drug-likeness (QED) is 0.327. The molecule has 0 aromatic heterocycles. The predicted molar refractivity (Wildman–Crippen MR) is 69.8 cm³/mol. The van der Waals surface area contributed by atoms with Crippen molar-refractivity contribution < 1.29 is 30.7 Å². The van der Waals surface area contributed by atoms with E-state index in [1.165, 1.54) is 58.0 Å². The van der Waals surface area contributed by atoms with Gasteiger partial charge in [0.25, 0.3) is 0 Å². The summed E-state index contributed by atoms with van der Waals surface area (Å²) in [5.41, 5.74) is -5.65. The molecule has 0 radical (unpaired) electrons. The average molecular weight is 317 g/mol. The first-order valence-electron chi connectivity index (χ1n) is 6.78. The lowest BCUT2D eigenvalue weighted by molar-refractivity contribution is -0.516. The van der Waals surface area contributed by atoms with Crippen molar-refractivity contribution >= 4 is 16.3 Å². The lowest BCUT2D eigenvalue weighted by Crippen LogP contribution is -2.21. The molecule has 0 bridgehead atoms. The highest BCUT2D eigenvalue weighted by Gasteiger charge is 2.36. The topological polar surface area (TPSA) is 60.2 Å². The smallest absolute Gasteiger partial charge is 0.485 e. The Kier molecular flexibility index (Phi) is 9.04. The minimum atomic E-state index is -6.09. The maximum atomic E-state index is 10.7. The molecule has 0 amide bonds. The van der Waals surface area contributed by atoms with Crippen molar-refractivity contribution in [3.8, 4) is 0 Å². The minimum Gasteiger partial charge on any atom is -0.741 e. The lowest BCUT2D eigenvalue weighted by atomic mass is 10.1. The molecule has 0 aliphatic carbocycles. The maximum absolute atomic E-state index is 10.7. The average Bonchev–Trinajstić information content (AvgIpc) is 2.80. The molecular weight excluding hydrogens is 295 g/mol. The van der Waals surface area contributed by atoms with Crippen molar-refractivity contribution in [3.63, 3.8) is 0 Å². The van der Waals surface area contributed by atoms with Gasteiger partial charge < -0.3 is 4.55 Å². The Bertz CT molecular complexity index is 391. The van der Waals surface area contributed by atoms with Crippen LogP contribution < -0.4 is 0 Å². The molecular formula is C12H22F3NO3S. The van der Waals surface area contributed by atoms with Gasteiger partial charge >= 0.3 is 5.51 Å². The summed E-state index contributed by atoms with van der Waals surface area (Å²) in [6, 6.07) is 0. The van der Waals surface area contributed by atoms with Crippen molar-refractivity contribution in [2.45, 2.75) is 57.4 Å². The Morgan fingerprint density at radius 2 is 1.75 bits per heavy atom. The molecule has 0 spiro atoms. The Morgan fingerprint density at radius 3 is 2.15 bits per heavy atom. The van der Waals surface area contributed by atoms with E-state index in [-0.39, 0.29) is 0 Å². The van der Waals surface area contributed by atoms with Crippen LogP contribution in [0.3, 0.4) is 0 Å². The summed E-state index contributed by atoms with van der Waals surface area (Å²) in [6.45, 7) is 4.89. The third-order valence-electron chi connectivity index (χ3n) is 2.87. The summed E-state index contributed by atoms with van der Waals surface area (Å²) in [4.78, 5) is 0. The zero-order valence-electron chi connectivity index (χ0n) is 11.7. The monoisotopic (exact) mass is 317 g/mol. The van der Waals surface area contributed by atoms with Crippen LogP contribution in [0.15, 0.2) is 0 Å². The van der Waals surface area contributed by atoms with Crippen LogP contribution in [-0.4, -0.2) is 42.4 Å². The normalized spacial score (nSPS) is 15.6. The van der Waals surface area contributed by atoms with E-state index < -0.39 is 15.6 Å². The molecule has 1 aliphatic rings. The second-order valence-electron chi connectivity index (χ2n) is 4.67. The molecule has 0 saturated heterocycles. The van der Waals surface area contributed by atoms with E-state index in [9.17, 15) is 13.2 Å². The SMILES string of the molecule is CCCCCCC[N+]1=CCCC1.O=S(=O)([O-])C(F)(F)F. The van der Waals surface area contributed by atoms with Gasteiger partial charge in [0, 0.05) is 19.3 Å². The first-order chi connectivity index (χ1) is 9.18. The van der Waals surface area contributed by atoms with Gasteiger partial charge in [-0.1, -0.05) is 26.2 Å². The fourth-order valence-corrected chi connectivity index (χ4v) is 1.78. The molecule has 0 fully saturated rings. The first kappa shape index (κ1) is 19.4. The van der Waals surface area contributed by atoms with Gasteiger partial charge in [-0.3, -0.25) is 0 Å². The van der Waals surface area contributed by atoms with Crippen molar-refractivity contribution in [3.05, 3.63) is 0 Å². The molecule has 0 atom stereocenters. The summed E-state index contributed by atoms with van der Waals surface area (Å²) in [6.07, 6.45) is 12.1. The summed E-state index contributed by atoms with van der Waals surface area (Å²) >= 11 is 0. The zero-order valence-corrected chi connectivity index (χ0v) is 12.5. The summed E-state index contributed by atoms with van der Waals surface area (Å²) in [5, 5.41) is 0. The number of halogens is 3. The third-order valence-corrected chi connectivity index (χ3v) is 3.44. The van der Waals surface area contributed by atoms with E-state index in [4.69, 9.17) is 13.0 Å². The van der Waals surface area contributed by atoms with Gasteiger partial charge in [-0.2, -0.15) is 13.2 Å². The van der Waals surface area contributed by atoms with Crippen molar-refractivity contribution in [2.24, 2.45) is 0 Å². The molecule has 0 saturated carbocycles. The van der Waals surface area contributed by atoms with Crippen LogP contribution in [0.25, 0.3) is 0 Å². The molecule has 120 valence electrons. The van der Waals surface area contributed by atoms with E-state index >= 15 is 0 Å². The number of hydrogen-bond acceptors (Lipinski definition) is 3. The highest BCUT2D eigenvalue weighted by molar-refractivity contribution is 7.86. The molecule has 0 unspecified atom stereocenters. The summed E-state index contributed by atoms with van der Waals surface area (Å²) in [7, 11) is -6.09. The Morgan fingerprint density at radius 1 is 1.20 bits per heavy atom. The number of alkyl halides is 3. The second-order valence-corrected chi connectivity index (χ2v) is 6.05. The summed E-state index contributed by atoms with van der Waals surface area (Å²) < 4.78 is 61.4. The van der Waals surface area contributed by atoms with Gasteiger partial charge in [-0.15, -0.1) is 0 Å². The first-order valence-corrected chi connectivity index (χ1v) is 8.19. The molecule has 0 N–H and O–H groups in total. The van der Waals surface area contributed by atoms with Gasteiger partial charge in [0.1, 0.15) is 19.3 Å². The van der Waals surface area contributed by atoms with Crippen LogP contribution >= 0.6 is 0 Å². The van der Waals surface area contributed by atoms with Crippen LogP contribution in [0.5, 0.6) is 0 Å². The molecule has 8 heteroatoms. The van der Waals surface area contributed by atoms with Gasteiger partial charge in [-0.05, 0) is 6.42 Å². The van der Waals surface area contributed by atoms with Crippen LogP contribution in [0, 0.1) is 0 Å². The molecule has 0 aromatic carbocycles. The lowest BCUT2D eigenvalue weighted by Gasteiger charge is -2.08. The highest BCUT2D eigenvalue weighted by atomic mass is 32.2. The molecule has 4 nitrogen and oxygen atoms in total. The van der Waals surface area contributed by atoms with Crippen molar-refractivity contribution in [1.29, 1.82) is 0 Å². The molecule has 1 aliphatic heterocycles. The van der Waals surface area contributed by atoms with Gasteiger partial charge in [0.2, 0.25) is 0 Å². The van der Waals surface area contributed by atoms with E-state index in [2.05, 4.69) is 17.7 Å². The predicted octanol–water partition coefficient (Wildman–Crippen LogP) is 2.89. The number of hydrogen-bond donors (Lipinski definition) is 0. The highest BCUT2D eigenvalue weighted by Crippen LogP contribution is 2.20. The van der Waals surface area contributed by atoms with E-state index in [1.807, 2.05) is 0 Å². The van der Waals surface area contributed by atoms with Crippen molar-refractivity contribution in [1.82, 2.24) is 0 Å². The summed E-state index contributed by atoms with van der Waals surface area (Å²) in [5.74, 6) is 0. The minimum absolute atomic E-state index is 1.31. The Balaban J connectivity index is 0.000000396. The Hall–Kier alpha value is -0.630. The van der Waals surface area contributed by atoms with Crippen LogP contribution in [0.2, 0.25) is 0 Å². The molecule has 0 aromatic rings. The third kappa shape index (κ3) is 9.30.